The quantitative estimate of drug-likeness (QED) is 0.168. The lowest BCUT2D eigenvalue weighted by Gasteiger charge is -2.19. The molecule has 1 aliphatic rings. The number of benzene rings is 2. The predicted octanol–water partition coefficient (Wildman–Crippen LogP) is 6.54. The number of carbonyl (C=O) groups is 3. The summed E-state index contributed by atoms with van der Waals surface area (Å²) in [6, 6.07) is 15.0. The molecule has 0 radical (unpaired) electrons. The monoisotopic (exact) mass is 541 g/mol. The summed E-state index contributed by atoms with van der Waals surface area (Å²) in [4.78, 5) is 44.0. The molecule has 0 fully saturated rings. The highest BCUT2D eigenvalue weighted by Gasteiger charge is 2.24. The first-order chi connectivity index (χ1) is 19.2. The third-order valence-corrected chi connectivity index (χ3v) is 6.94. The number of imidazole rings is 1. The van der Waals surface area contributed by atoms with Crippen LogP contribution in [0, 0.1) is 5.41 Å². The number of hydrogen-bond acceptors (Lipinski definition) is 5. The van der Waals surface area contributed by atoms with E-state index in [0.717, 1.165) is 53.9 Å². The second-order valence-corrected chi connectivity index (χ2v) is 10.8. The molecule has 40 heavy (non-hydrogen) atoms. The van der Waals surface area contributed by atoms with E-state index in [0.29, 0.717) is 30.7 Å². The van der Waals surface area contributed by atoms with Crippen molar-refractivity contribution < 1.29 is 24.2 Å². The number of aldehydes is 1. The number of rotatable bonds is 11. The molecule has 8 heteroatoms. The number of aromatic nitrogens is 2. The van der Waals surface area contributed by atoms with Crippen molar-refractivity contribution in [1.29, 1.82) is 0 Å². The van der Waals surface area contributed by atoms with Gasteiger partial charge >= 0.3 is 6.16 Å². The van der Waals surface area contributed by atoms with Gasteiger partial charge in [0.1, 0.15) is 17.9 Å². The fourth-order valence-electron chi connectivity index (χ4n) is 4.84. The van der Waals surface area contributed by atoms with Gasteiger partial charge in [-0.2, -0.15) is 0 Å². The van der Waals surface area contributed by atoms with Crippen molar-refractivity contribution in [2.75, 3.05) is 0 Å². The number of unbranched alkanes of at least 4 members (excludes halogenated alkanes) is 1. The van der Waals surface area contributed by atoms with Gasteiger partial charge in [0.25, 0.3) is 0 Å². The number of para-hydroxylation sites is 1. The SMILES string of the molecule is CCCCc1nc2c(n1Cc1ccc(-c3ccccc3OC(=O)O)cc1)CC(=NC(=O)CC(C)(C)CC=O)C=C2. The number of carboxylic acid groups (broad SMARTS) is 1. The molecular formula is C32H35N3O5. The van der Waals surface area contributed by atoms with E-state index in [-0.39, 0.29) is 18.1 Å². The molecule has 0 saturated carbocycles. The Balaban J connectivity index is 1.58. The Morgan fingerprint density at radius 1 is 1.12 bits per heavy atom. The lowest BCUT2D eigenvalue weighted by Crippen LogP contribution is -2.19. The molecular weight excluding hydrogens is 506 g/mol. The summed E-state index contributed by atoms with van der Waals surface area (Å²) < 4.78 is 7.18. The Hall–Kier alpha value is -4.33. The third-order valence-electron chi connectivity index (χ3n) is 6.94. The van der Waals surface area contributed by atoms with Crippen LogP contribution in [0.1, 0.15) is 69.2 Å². The molecule has 0 atom stereocenters. The van der Waals surface area contributed by atoms with Gasteiger partial charge in [-0.05, 0) is 41.2 Å². The van der Waals surface area contributed by atoms with Gasteiger partial charge < -0.3 is 19.2 Å². The zero-order chi connectivity index (χ0) is 28.7. The van der Waals surface area contributed by atoms with Crippen molar-refractivity contribution in [1.82, 2.24) is 9.55 Å². The topological polar surface area (TPSA) is 111 Å². The Morgan fingerprint density at radius 3 is 2.58 bits per heavy atom. The normalized spacial score (nSPS) is 13.7. The van der Waals surface area contributed by atoms with Crippen molar-refractivity contribution in [3.05, 3.63) is 77.4 Å². The van der Waals surface area contributed by atoms with Gasteiger partial charge in [0, 0.05) is 37.8 Å². The van der Waals surface area contributed by atoms with Crippen LogP contribution in [0.25, 0.3) is 17.2 Å². The summed E-state index contributed by atoms with van der Waals surface area (Å²) in [6.45, 7) is 6.55. The standard InChI is InChI=1S/C32H35N3O5/c1-4-5-10-29-34-26-16-15-24(33-30(37)20-32(2,3)17-18-36)19-27(26)35(29)21-22-11-13-23(14-12-22)25-8-6-7-9-28(25)40-31(38)39/h6-9,11-16,18H,4-5,10,17,19-21H2,1-3H3,(H,38,39). The average molecular weight is 542 g/mol. The van der Waals surface area contributed by atoms with Crippen LogP contribution in [0.4, 0.5) is 4.79 Å². The molecule has 1 aliphatic carbocycles. The molecule has 4 rings (SSSR count). The highest BCUT2D eigenvalue weighted by Crippen LogP contribution is 2.31. The summed E-state index contributed by atoms with van der Waals surface area (Å²) in [6.07, 6.45) is 7.23. The molecule has 0 aliphatic heterocycles. The molecule has 0 bridgehead atoms. The number of aryl methyl sites for hydroxylation is 1. The fourth-order valence-corrected chi connectivity index (χ4v) is 4.84. The summed E-state index contributed by atoms with van der Waals surface area (Å²) >= 11 is 0. The maximum Gasteiger partial charge on any atom is 0.511 e. The van der Waals surface area contributed by atoms with Crippen molar-refractivity contribution in [2.45, 2.75) is 65.8 Å². The van der Waals surface area contributed by atoms with E-state index >= 15 is 0 Å². The Bertz CT molecular complexity index is 1450. The van der Waals surface area contributed by atoms with Crippen LogP contribution in [0.3, 0.4) is 0 Å². The number of aliphatic imine (C=N–C) groups is 1. The van der Waals surface area contributed by atoms with Crippen molar-refractivity contribution >= 4 is 30.1 Å². The van der Waals surface area contributed by atoms with E-state index in [1.807, 2.05) is 62.4 Å². The number of allylic oxidation sites excluding steroid dienone is 1. The van der Waals surface area contributed by atoms with Crippen LogP contribution >= 0.6 is 0 Å². The first-order valence-electron chi connectivity index (χ1n) is 13.6. The van der Waals surface area contributed by atoms with Crippen molar-refractivity contribution in [3.8, 4) is 16.9 Å². The zero-order valence-corrected chi connectivity index (χ0v) is 23.2. The van der Waals surface area contributed by atoms with Crippen LogP contribution in [0.15, 0.2) is 59.6 Å². The van der Waals surface area contributed by atoms with Gasteiger partial charge in [-0.25, -0.2) is 14.8 Å². The van der Waals surface area contributed by atoms with Gasteiger partial charge in [-0.1, -0.05) is 69.7 Å². The summed E-state index contributed by atoms with van der Waals surface area (Å²) in [5.41, 5.74) is 4.81. The molecule has 1 amide bonds. The number of ether oxygens (including phenoxy) is 1. The van der Waals surface area contributed by atoms with E-state index in [2.05, 4.69) is 16.5 Å². The van der Waals surface area contributed by atoms with Crippen molar-refractivity contribution in [2.24, 2.45) is 10.4 Å². The first-order valence-corrected chi connectivity index (χ1v) is 13.6. The largest absolute Gasteiger partial charge is 0.511 e. The first kappa shape index (κ1) is 28.7. The maximum absolute atomic E-state index is 12.7. The number of nitrogens with zero attached hydrogens (tertiary/aromatic N) is 3. The Morgan fingerprint density at radius 2 is 1.88 bits per heavy atom. The summed E-state index contributed by atoms with van der Waals surface area (Å²) in [5, 5.41) is 9.07. The maximum atomic E-state index is 12.7. The number of carbonyl (C=O) groups excluding carboxylic acids is 2. The lowest BCUT2D eigenvalue weighted by atomic mass is 9.86. The molecule has 1 aromatic heterocycles. The van der Waals surface area contributed by atoms with E-state index in [1.54, 1.807) is 12.1 Å². The molecule has 8 nitrogen and oxygen atoms in total. The van der Waals surface area contributed by atoms with Crippen LogP contribution in [-0.2, 0) is 29.0 Å². The van der Waals surface area contributed by atoms with Crippen LogP contribution in [0.2, 0.25) is 0 Å². The van der Waals surface area contributed by atoms with E-state index in [9.17, 15) is 14.4 Å². The molecule has 3 aromatic rings. The third kappa shape index (κ3) is 7.20. The van der Waals surface area contributed by atoms with Crippen LogP contribution < -0.4 is 4.74 Å². The van der Waals surface area contributed by atoms with Gasteiger partial charge in [0.2, 0.25) is 5.91 Å². The van der Waals surface area contributed by atoms with E-state index < -0.39 is 11.6 Å². The molecule has 2 aromatic carbocycles. The van der Waals surface area contributed by atoms with Crippen LogP contribution in [-0.4, -0.2) is 38.7 Å². The van der Waals surface area contributed by atoms with Gasteiger partial charge in [-0.15, -0.1) is 0 Å². The van der Waals surface area contributed by atoms with Gasteiger partial charge in [0.05, 0.1) is 17.1 Å². The summed E-state index contributed by atoms with van der Waals surface area (Å²) in [5.74, 6) is 1.06. The van der Waals surface area contributed by atoms with Gasteiger partial charge in [-0.3, -0.25) is 4.79 Å². The predicted molar refractivity (Wildman–Crippen MR) is 155 cm³/mol. The van der Waals surface area contributed by atoms with Crippen molar-refractivity contribution in [3.63, 3.8) is 0 Å². The van der Waals surface area contributed by atoms with E-state index in [4.69, 9.17) is 14.8 Å². The Labute approximate surface area is 234 Å². The lowest BCUT2D eigenvalue weighted by molar-refractivity contribution is -0.120. The molecule has 1 N–H and O–H groups in total. The number of amides is 1. The number of fused-ring (bicyclic) bond motifs is 1. The minimum Gasteiger partial charge on any atom is -0.449 e. The summed E-state index contributed by atoms with van der Waals surface area (Å²) in [7, 11) is 0. The Kier molecular flexibility index (Phi) is 9.09. The van der Waals surface area contributed by atoms with E-state index in [1.165, 1.54) is 0 Å². The smallest absolute Gasteiger partial charge is 0.449 e. The fraction of sp³-hybridized carbons (Fsp3) is 0.344. The molecule has 0 unspecified atom stereocenters. The minimum absolute atomic E-state index is 0.212. The highest BCUT2D eigenvalue weighted by atomic mass is 16.7. The molecule has 1 heterocycles. The second-order valence-electron chi connectivity index (χ2n) is 10.8. The zero-order valence-electron chi connectivity index (χ0n) is 23.2. The molecule has 208 valence electrons. The van der Waals surface area contributed by atoms with Crippen LogP contribution in [0.5, 0.6) is 5.75 Å². The highest BCUT2D eigenvalue weighted by molar-refractivity contribution is 6.07. The molecule has 0 spiro atoms. The second kappa shape index (κ2) is 12.7. The van der Waals surface area contributed by atoms with Gasteiger partial charge in [0.15, 0.2) is 0 Å². The number of hydrogen-bond donors (Lipinski definition) is 1. The molecule has 0 saturated heterocycles. The minimum atomic E-state index is -1.35. The average Bonchev–Trinajstić information content (AvgIpc) is 3.24.